The maximum atomic E-state index is 11.9. The summed E-state index contributed by atoms with van der Waals surface area (Å²) in [7, 11) is 2.94. The predicted octanol–water partition coefficient (Wildman–Crippen LogP) is 1.48. The molecule has 1 N–H and O–H groups in total. The van der Waals surface area contributed by atoms with Crippen molar-refractivity contribution in [1.82, 2.24) is 10.2 Å². The summed E-state index contributed by atoms with van der Waals surface area (Å²) in [5, 5.41) is 2.99. The Kier molecular flexibility index (Phi) is 7.39. The van der Waals surface area contributed by atoms with Gasteiger partial charge in [-0.2, -0.15) is 0 Å². The minimum Gasteiger partial charge on any atom is -0.469 e. The summed E-state index contributed by atoms with van der Waals surface area (Å²) in [4.78, 5) is 36.2. The zero-order valence-electron chi connectivity index (χ0n) is 12.6. The van der Waals surface area contributed by atoms with Gasteiger partial charge in [0.05, 0.1) is 13.7 Å². The van der Waals surface area contributed by atoms with E-state index in [1.165, 1.54) is 18.1 Å². The van der Waals surface area contributed by atoms with Crippen LogP contribution in [0.3, 0.4) is 0 Å². The number of hydrogen-bond donors (Lipinski definition) is 1. The number of nitrogens with one attached hydrogen (secondary N) is 1. The molecule has 1 aromatic rings. The summed E-state index contributed by atoms with van der Waals surface area (Å²) in [6, 6.07) is 6.48. The molecule has 2 amide bonds. The van der Waals surface area contributed by atoms with Gasteiger partial charge in [0, 0.05) is 30.6 Å². The molecule has 0 aromatic heterocycles. The average molecular weight is 327 g/mol. The van der Waals surface area contributed by atoms with Gasteiger partial charge in [-0.3, -0.25) is 14.4 Å². The number of amides is 2. The Hall–Kier alpha value is -2.08. The number of rotatable bonds is 7. The van der Waals surface area contributed by atoms with Crippen LogP contribution in [0.4, 0.5) is 0 Å². The van der Waals surface area contributed by atoms with Crippen molar-refractivity contribution >= 4 is 29.4 Å². The summed E-state index contributed by atoms with van der Waals surface area (Å²) in [6.07, 6.45) is 0.764. The van der Waals surface area contributed by atoms with Crippen molar-refractivity contribution in [3.05, 3.63) is 34.9 Å². The SMILES string of the molecule is COC(=O)CCCN(C)C(=O)CNC(=O)c1cccc(Cl)c1. The van der Waals surface area contributed by atoms with E-state index in [-0.39, 0.29) is 30.7 Å². The van der Waals surface area contributed by atoms with Crippen molar-refractivity contribution in [2.45, 2.75) is 12.8 Å². The van der Waals surface area contributed by atoms with Crippen LogP contribution >= 0.6 is 11.6 Å². The van der Waals surface area contributed by atoms with E-state index >= 15 is 0 Å². The summed E-state index contributed by atoms with van der Waals surface area (Å²) in [5.74, 6) is -0.908. The second kappa shape index (κ2) is 9.04. The third-order valence-electron chi connectivity index (χ3n) is 3.01. The Morgan fingerprint density at radius 3 is 2.68 bits per heavy atom. The van der Waals surface area contributed by atoms with Gasteiger partial charge in [-0.15, -0.1) is 0 Å². The van der Waals surface area contributed by atoms with Crippen LogP contribution in [0, 0.1) is 0 Å². The fourth-order valence-corrected chi connectivity index (χ4v) is 1.90. The summed E-state index contributed by atoms with van der Waals surface area (Å²) in [6.45, 7) is 0.307. The molecule has 0 saturated heterocycles. The van der Waals surface area contributed by atoms with E-state index in [2.05, 4.69) is 10.1 Å². The standard InChI is InChI=1S/C15H19ClN2O4/c1-18(8-4-7-14(20)22-2)13(19)10-17-15(21)11-5-3-6-12(16)9-11/h3,5-6,9H,4,7-8,10H2,1-2H3,(H,17,21). The average Bonchev–Trinajstić information content (AvgIpc) is 2.51. The van der Waals surface area contributed by atoms with E-state index < -0.39 is 0 Å². The van der Waals surface area contributed by atoms with Gasteiger partial charge in [-0.1, -0.05) is 17.7 Å². The van der Waals surface area contributed by atoms with Gasteiger partial charge in [0.1, 0.15) is 0 Å². The molecule has 0 aliphatic carbocycles. The quantitative estimate of drug-likeness (QED) is 0.770. The number of ether oxygens (including phenoxy) is 1. The van der Waals surface area contributed by atoms with Crippen molar-refractivity contribution in [2.24, 2.45) is 0 Å². The zero-order chi connectivity index (χ0) is 16.5. The minimum absolute atomic E-state index is 0.111. The number of esters is 1. The minimum atomic E-state index is -0.362. The maximum Gasteiger partial charge on any atom is 0.305 e. The second-order valence-electron chi connectivity index (χ2n) is 4.69. The highest BCUT2D eigenvalue weighted by Gasteiger charge is 2.12. The molecule has 0 unspecified atom stereocenters. The first-order chi connectivity index (χ1) is 10.4. The molecular weight excluding hydrogens is 308 g/mol. The number of halogens is 1. The molecule has 0 heterocycles. The lowest BCUT2D eigenvalue weighted by molar-refractivity contribution is -0.141. The Morgan fingerprint density at radius 1 is 1.32 bits per heavy atom. The van der Waals surface area contributed by atoms with E-state index in [4.69, 9.17) is 11.6 Å². The smallest absolute Gasteiger partial charge is 0.305 e. The molecule has 1 rings (SSSR count). The summed E-state index contributed by atoms with van der Waals surface area (Å²) >= 11 is 5.80. The number of hydrogen-bond acceptors (Lipinski definition) is 4. The normalized spacial score (nSPS) is 9.95. The molecule has 1 aromatic carbocycles. The van der Waals surface area contributed by atoms with Crippen molar-refractivity contribution < 1.29 is 19.1 Å². The fraction of sp³-hybridized carbons (Fsp3) is 0.400. The van der Waals surface area contributed by atoms with Crippen LogP contribution in [0.2, 0.25) is 5.02 Å². The van der Waals surface area contributed by atoms with Crippen LogP contribution in [-0.4, -0.2) is 49.9 Å². The van der Waals surface area contributed by atoms with Crippen molar-refractivity contribution in [3.63, 3.8) is 0 Å². The molecule has 0 radical (unpaired) electrons. The first kappa shape index (κ1) is 18.0. The Bertz CT molecular complexity index is 548. The Labute approximate surface area is 134 Å². The topological polar surface area (TPSA) is 75.7 Å². The van der Waals surface area contributed by atoms with E-state index in [0.29, 0.717) is 23.6 Å². The number of methoxy groups -OCH3 is 1. The predicted molar refractivity (Wildman–Crippen MR) is 82.7 cm³/mol. The van der Waals surface area contributed by atoms with E-state index in [0.717, 1.165) is 0 Å². The van der Waals surface area contributed by atoms with E-state index in [1.807, 2.05) is 0 Å². The first-order valence-corrected chi connectivity index (χ1v) is 7.16. The van der Waals surface area contributed by atoms with Crippen molar-refractivity contribution in [3.8, 4) is 0 Å². The first-order valence-electron chi connectivity index (χ1n) is 6.78. The molecule has 0 aliphatic rings. The molecule has 120 valence electrons. The van der Waals surface area contributed by atoms with Gasteiger partial charge < -0.3 is 15.0 Å². The lowest BCUT2D eigenvalue weighted by atomic mass is 10.2. The zero-order valence-corrected chi connectivity index (χ0v) is 13.4. The number of nitrogens with zero attached hydrogens (tertiary/aromatic N) is 1. The number of benzene rings is 1. The molecule has 0 atom stereocenters. The second-order valence-corrected chi connectivity index (χ2v) is 5.12. The fourth-order valence-electron chi connectivity index (χ4n) is 1.71. The van der Waals surface area contributed by atoms with Crippen LogP contribution in [-0.2, 0) is 14.3 Å². The van der Waals surface area contributed by atoms with Crippen LogP contribution in [0.5, 0.6) is 0 Å². The monoisotopic (exact) mass is 326 g/mol. The Balaban J connectivity index is 2.35. The number of carbonyl (C=O) groups excluding carboxylic acids is 3. The maximum absolute atomic E-state index is 11.9. The van der Waals surface area contributed by atoms with Gasteiger partial charge in [0.25, 0.3) is 5.91 Å². The van der Waals surface area contributed by atoms with Gasteiger partial charge in [0.15, 0.2) is 0 Å². The molecule has 0 saturated carbocycles. The van der Waals surface area contributed by atoms with Crippen LogP contribution in [0.25, 0.3) is 0 Å². The molecule has 7 heteroatoms. The summed E-state index contributed by atoms with van der Waals surface area (Å²) < 4.78 is 4.52. The Morgan fingerprint density at radius 2 is 2.05 bits per heavy atom. The molecule has 0 spiro atoms. The molecule has 6 nitrogen and oxygen atoms in total. The highest BCUT2D eigenvalue weighted by molar-refractivity contribution is 6.30. The summed E-state index contributed by atoms with van der Waals surface area (Å²) in [5.41, 5.74) is 0.397. The highest BCUT2D eigenvalue weighted by Crippen LogP contribution is 2.10. The van der Waals surface area contributed by atoms with Crippen LogP contribution in [0.1, 0.15) is 23.2 Å². The molecular formula is C15H19ClN2O4. The van der Waals surface area contributed by atoms with Crippen molar-refractivity contribution in [1.29, 1.82) is 0 Å². The third kappa shape index (κ3) is 6.13. The van der Waals surface area contributed by atoms with Gasteiger partial charge >= 0.3 is 5.97 Å². The molecule has 0 aliphatic heterocycles. The van der Waals surface area contributed by atoms with Crippen LogP contribution < -0.4 is 5.32 Å². The van der Waals surface area contributed by atoms with E-state index in [9.17, 15) is 14.4 Å². The molecule has 0 fully saturated rings. The van der Waals surface area contributed by atoms with E-state index in [1.54, 1.807) is 25.2 Å². The molecule has 0 bridgehead atoms. The number of likely N-dealkylation sites (N-methyl/N-ethyl adjacent to an activating group) is 1. The lowest BCUT2D eigenvalue weighted by Crippen LogP contribution is -2.38. The number of carbonyl (C=O) groups is 3. The lowest BCUT2D eigenvalue weighted by Gasteiger charge is -2.17. The third-order valence-corrected chi connectivity index (χ3v) is 3.25. The van der Waals surface area contributed by atoms with Crippen molar-refractivity contribution in [2.75, 3.05) is 27.2 Å². The largest absolute Gasteiger partial charge is 0.469 e. The van der Waals surface area contributed by atoms with Gasteiger partial charge in [-0.05, 0) is 24.6 Å². The van der Waals surface area contributed by atoms with Gasteiger partial charge in [-0.25, -0.2) is 0 Å². The highest BCUT2D eigenvalue weighted by atomic mass is 35.5. The molecule has 22 heavy (non-hydrogen) atoms. The van der Waals surface area contributed by atoms with Gasteiger partial charge in [0.2, 0.25) is 5.91 Å². The van der Waals surface area contributed by atoms with Crippen LogP contribution in [0.15, 0.2) is 24.3 Å².